The van der Waals surface area contributed by atoms with E-state index in [0.717, 1.165) is 0 Å². The van der Waals surface area contributed by atoms with E-state index in [1.807, 2.05) is 0 Å². The second kappa shape index (κ2) is 19.1. The normalized spacial score (nSPS) is 13.7. The van der Waals surface area contributed by atoms with Crippen molar-refractivity contribution < 1.29 is 44.1 Å². The lowest BCUT2D eigenvalue weighted by Crippen LogP contribution is -2.57. The highest BCUT2D eigenvalue weighted by atomic mass is 16.4. The Morgan fingerprint density at radius 3 is 1.67 bits per heavy atom. The zero-order chi connectivity index (χ0) is 30.0. The van der Waals surface area contributed by atoms with Crippen molar-refractivity contribution in [2.45, 2.75) is 82.0 Å². The monoisotopic (exact) mass is 560 g/mol. The second-order valence-electron chi connectivity index (χ2n) is 8.73. The summed E-state index contributed by atoms with van der Waals surface area (Å²) in [6.07, 6.45) is -0.275. The SMILES string of the molecule is NCCCCC(NC(=O)C(N)CCC(=O)O)C(=O)NC(CCC(=O)O)C(=O)NC(CCCN=C(N)N)C(=O)O. The predicted octanol–water partition coefficient (Wildman–Crippen LogP) is -3.24. The molecule has 0 aliphatic rings. The van der Waals surface area contributed by atoms with Gasteiger partial charge < -0.3 is 54.2 Å². The van der Waals surface area contributed by atoms with Crippen molar-refractivity contribution in [2.75, 3.05) is 13.1 Å². The molecule has 0 heterocycles. The first-order valence-electron chi connectivity index (χ1n) is 12.4. The summed E-state index contributed by atoms with van der Waals surface area (Å²) in [6.45, 7) is 0.420. The largest absolute Gasteiger partial charge is 0.481 e. The number of hydrogen-bond donors (Lipinski definition) is 10. The molecule has 0 saturated carbocycles. The van der Waals surface area contributed by atoms with Gasteiger partial charge in [-0.05, 0) is 51.5 Å². The second-order valence-corrected chi connectivity index (χ2v) is 8.73. The molecule has 0 aromatic carbocycles. The van der Waals surface area contributed by atoms with Crippen LogP contribution in [0.3, 0.4) is 0 Å². The molecule has 0 bridgehead atoms. The van der Waals surface area contributed by atoms with Gasteiger partial charge in [0.05, 0.1) is 6.04 Å². The Balaban J connectivity index is 5.57. The van der Waals surface area contributed by atoms with E-state index >= 15 is 0 Å². The van der Waals surface area contributed by atoms with Crippen molar-refractivity contribution in [3.05, 3.63) is 0 Å². The van der Waals surface area contributed by atoms with Crippen molar-refractivity contribution in [3.8, 4) is 0 Å². The third kappa shape index (κ3) is 16.5. The minimum atomic E-state index is -1.44. The molecule has 0 saturated heterocycles. The summed E-state index contributed by atoms with van der Waals surface area (Å²) in [5, 5.41) is 34.4. The van der Waals surface area contributed by atoms with Gasteiger partial charge in [-0.1, -0.05) is 0 Å². The van der Waals surface area contributed by atoms with E-state index in [1.165, 1.54) is 0 Å². The number of aliphatic carboxylic acids is 3. The number of unbranched alkanes of at least 4 members (excludes halogenated alkanes) is 1. The van der Waals surface area contributed by atoms with E-state index in [9.17, 15) is 33.9 Å². The van der Waals surface area contributed by atoms with Crippen molar-refractivity contribution >= 4 is 41.6 Å². The molecule has 39 heavy (non-hydrogen) atoms. The van der Waals surface area contributed by atoms with Crippen molar-refractivity contribution in [2.24, 2.45) is 27.9 Å². The maximum atomic E-state index is 13.0. The standard InChI is InChI=1S/C22H40N8O9/c23-10-2-1-4-13(28-18(35)12(24)6-8-16(31)32)19(36)29-14(7-9-17(33)34)20(37)30-15(21(38)39)5-3-11-27-22(25)26/h12-15H,1-11,23-24H2,(H,28,35)(H,29,36)(H,30,37)(H,31,32)(H,33,34)(H,38,39)(H4,25,26,27). The van der Waals surface area contributed by atoms with Gasteiger partial charge in [0.2, 0.25) is 17.7 Å². The van der Waals surface area contributed by atoms with Gasteiger partial charge in [0.25, 0.3) is 0 Å². The first kappa shape index (κ1) is 35.0. The molecular weight excluding hydrogens is 520 g/mol. The molecule has 222 valence electrons. The van der Waals surface area contributed by atoms with E-state index in [0.29, 0.717) is 19.4 Å². The smallest absolute Gasteiger partial charge is 0.326 e. The summed E-state index contributed by atoms with van der Waals surface area (Å²) in [5.74, 6) is -6.52. The van der Waals surface area contributed by atoms with Crippen LogP contribution in [0.25, 0.3) is 0 Å². The molecule has 0 radical (unpaired) electrons. The maximum Gasteiger partial charge on any atom is 0.326 e. The summed E-state index contributed by atoms with van der Waals surface area (Å²) in [7, 11) is 0. The van der Waals surface area contributed by atoms with E-state index < -0.39 is 66.2 Å². The van der Waals surface area contributed by atoms with Crippen LogP contribution in [0, 0.1) is 0 Å². The van der Waals surface area contributed by atoms with Gasteiger partial charge >= 0.3 is 17.9 Å². The Hall–Kier alpha value is -3.99. The van der Waals surface area contributed by atoms with E-state index in [1.54, 1.807) is 0 Å². The summed E-state index contributed by atoms with van der Waals surface area (Å²) >= 11 is 0. The number of carbonyl (C=O) groups excluding carboxylic acids is 3. The Bertz CT molecular complexity index is 880. The molecule has 4 atom stereocenters. The lowest BCUT2D eigenvalue weighted by molar-refractivity contribution is -0.143. The first-order chi connectivity index (χ1) is 18.3. The van der Waals surface area contributed by atoms with Gasteiger partial charge in [0.1, 0.15) is 18.1 Å². The van der Waals surface area contributed by atoms with Crippen LogP contribution in [0.5, 0.6) is 0 Å². The number of rotatable bonds is 21. The average molecular weight is 561 g/mol. The van der Waals surface area contributed by atoms with E-state index in [-0.39, 0.29) is 51.0 Å². The third-order valence-electron chi connectivity index (χ3n) is 5.43. The van der Waals surface area contributed by atoms with Gasteiger partial charge in [-0.15, -0.1) is 0 Å². The van der Waals surface area contributed by atoms with Crippen LogP contribution < -0.4 is 38.9 Å². The number of guanidine groups is 1. The van der Waals surface area contributed by atoms with E-state index in [4.69, 9.17) is 33.1 Å². The van der Waals surface area contributed by atoms with Gasteiger partial charge in [0, 0.05) is 19.4 Å². The lowest BCUT2D eigenvalue weighted by Gasteiger charge is -2.25. The number of nitrogens with two attached hydrogens (primary N) is 4. The molecule has 0 rings (SSSR count). The zero-order valence-corrected chi connectivity index (χ0v) is 21.6. The summed E-state index contributed by atoms with van der Waals surface area (Å²) < 4.78 is 0. The number of nitrogens with zero attached hydrogens (tertiary/aromatic N) is 1. The molecular formula is C22H40N8O9. The van der Waals surface area contributed by atoms with Crippen LogP contribution in [0.15, 0.2) is 4.99 Å². The summed E-state index contributed by atoms with van der Waals surface area (Å²) in [5.41, 5.74) is 21.6. The van der Waals surface area contributed by atoms with Crippen molar-refractivity contribution in [1.82, 2.24) is 16.0 Å². The predicted molar refractivity (Wildman–Crippen MR) is 138 cm³/mol. The maximum absolute atomic E-state index is 13.0. The first-order valence-corrected chi connectivity index (χ1v) is 12.4. The van der Waals surface area contributed by atoms with Crippen LogP contribution in [0.1, 0.15) is 57.8 Å². The van der Waals surface area contributed by atoms with Crippen LogP contribution in [0.4, 0.5) is 0 Å². The van der Waals surface area contributed by atoms with Gasteiger partial charge in [-0.2, -0.15) is 0 Å². The molecule has 3 amide bonds. The molecule has 0 aliphatic carbocycles. The number of aliphatic imine (C=N–C) groups is 1. The molecule has 14 N–H and O–H groups in total. The molecule has 17 heteroatoms. The van der Waals surface area contributed by atoms with E-state index in [2.05, 4.69) is 20.9 Å². The van der Waals surface area contributed by atoms with Crippen LogP contribution >= 0.6 is 0 Å². The Morgan fingerprint density at radius 1 is 0.667 bits per heavy atom. The van der Waals surface area contributed by atoms with Gasteiger partial charge in [-0.3, -0.25) is 29.0 Å². The van der Waals surface area contributed by atoms with Crippen LogP contribution in [-0.4, -0.2) is 94.2 Å². The van der Waals surface area contributed by atoms with Crippen molar-refractivity contribution in [3.63, 3.8) is 0 Å². The molecule has 0 aromatic heterocycles. The fourth-order valence-corrected chi connectivity index (χ4v) is 3.29. The Labute approximate surface area is 225 Å². The Morgan fingerprint density at radius 2 is 1.15 bits per heavy atom. The van der Waals surface area contributed by atoms with Gasteiger partial charge in [0.15, 0.2) is 5.96 Å². The minimum Gasteiger partial charge on any atom is -0.481 e. The molecule has 0 aliphatic heterocycles. The highest BCUT2D eigenvalue weighted by Crippen LogP contribution is 2.07. The van der Waals surface area contributed by atoms with Gasteiger partial charge in [-0.25, -0.2) is 4.79 Å². The molecule has 0 fully saturated rings. The fourth-order valence-electron chi connectivity index (χ4n) is 3.29. The average Bonchev–Trinajstić information content (AvgIpc) is 2.85. The number of carboxylic acids is 3. The zero-order valence-electron chi connectivity index (χ0n) is 21.6. The highest BCUT2D eigenvalue weighted by molar-refractivity contribution is 5.94. The molecule has 0 aromatic rings. The molecule has 17 nitrogen and oxygen atoms in total. The minimum absolute atomic E-state index is 0.0521. The van der Waals surface area contributed by atoms with Crippen LogP contribution in [-0.2, 0) is 28.8 Å². The van der Waals surface area contributed by atoms with Crippen molar-refractivity contribution in [1.29, 1.82) is 0 Å². The highest BCUT2D eigenvalue weighted by Gasteiger charge is 2.30. The molecule has 0 spiro atoms. The number of nitrogens with one attached hydrogen (secondary N) is 3. The quantitative estimate of drug-likeness (QED) is 0.0375. The van der Waals surface area contributed by atoms with Crippen LogP contribution in [0.2, 0.25) is 0 Å². The number of amides is 3. The lowest BCUT2D eigenvalue weighted by atomic mass is 10.0. The fraction of sp³-hybridized carbons (Fsp3) is 0.682. The summed E-state index contributed by atoms with van der Waals surface area (Å²) in [4.78, 5) is 75.6. The Kier molecular flexibility index (Phi) is 17.2. The number of carboxylic acid groups (broad SMARTS) is 3. The molecule has 4 unspecified atom stereocenters. The number of carbonyl (C=O) groups is 6. The number of hydrogen-bond acceptors (Lipinski definition) is 9. The summed E-state index contributed by atoms with van der Waals surface area (Å²) in [6, 6.07) is -5.23. The topological polar surface area (TPSA) is 316 Å². The third-order valence-corrected chi connectivity index (χ3v) is 5.43.